The van der Waals surface area contributed by atoms with Gasteiger partial charge in [0.2, 0.25) is 0 Å². The van der Waals surface area contributed by atoms with Gasteiger partial charge in [-0.25, -0.2) is 4.98 Å². The zero-order valence-corrected chi connectivity index (χ0v) is 17.9. The molecule has 0 radical (unpaired) electrons. The van der Waals surface area contributed by atoms with E-state index < -0.39 is 5.97 Å². The Kier molecular flexibility index (Phi) is 6.03. The number of benzene rings is 1. The highest BCUT2D eigenvalue weighted by molar-refractivity contribution is 7.17. The lowest BCUT2D eigenvalue weighted by molar-refractivity contribution is -0.151. The number of hydrogen-bond acceptors (Lipinski definition) is 7. The minimum Gasteiger partial charge on any atom is -0.493 e. The molecule has 1 aromatic carbocycles. The van der Waals surface area contributed by atoms with Crippen molar-refractivity contribution in [1.82, 2.24) is 9.55 Å². The zero-order valence-electron chi connectivity index (χ0n) is 17.1. The minimum absolute atomic E-state index is 0.0397. The van der Waals surface area contributed by atoms with Crippen LogP contribution in [0.2, 0.25) is 0 Å². The summed E-state index contributed by atoms with van der Waals surface area (Å²) >= 11 is 1.39. The maximum Gasteiger partial charge on any atom is 0.326 e. The van der Waals surface area contributed by atoms with Crippen LogP contribution in [0.4, 0.5) is 0 Å². The van der Waals surface area contributed by atoms with E-state index in [2.05, 4.69) is 4.98 Å². The number of carbonyl (C=O) groups is 1. The van der Waals surface area contributed by atoms with Crippen molar-refractivity contribution in [1.29, 1.82) is 0 Å². The third kappa shape index (κ3) is 4.05. The molecular weight excluding hydrogens is 404 g/mol. The Morgan fingerprint density at radius 1 is 1.17 bits per heavy atom. The van der Waals surface area contributed by atoms with Crippen LogP contribution in [0.1, 0.15) is 32.1 Å². The summed E-state index contributed by atoms with van der Waals surface area (Å²) in [7, 11) is 3.15. The summed E-state index contributed by atoms with van der Waals surface area (Å²) in [5.74, 6) is 0.796. The summed E-state index contributed by atoms with van der Waals surface area (Å²) in [5.41, 5.74) is 1.32. The average Bonchev–Trinajstić information content (AvgIpc) is 3.21. The van der Waals surface area contributed by atoms with Gasteiger partial charge >= 0.3 is 5.97 Å². The Labute approximate surface area is 178 Å². The van der Waals surface area contributed by atoms with Gasteiger partial charge in [0, 0.05) is 10.9 Å². The summed E-state index contributed by atoms with van der Waals surface area (Å²) in [4.78, 5) is 30.5. The number of esters is 1. The van der Waals surface area contributed by atoms with E-state index in [1.165, 1.54) is 28.7 Å². The van der Waals surface area contributed by atoms with Gasteiger partial charge in [-0.1, -0.05) is 12.5 Å². The smallest absolute Gasteiger partial charge is 0.326 e. The molecule has 1 aliphatic rings. The topological polar surface area (TPSA) is 79.7 Å². The van der Waals surface area contributed by atoms with Crippen LogP contribution in [0.15, 0.2) is 34.7 Å². The van der Waals surface area contributed by atoms with Gasteiger partial charge in [-0.15, -0.1) is 11.3 Å². The van der Waals surface area contributed by atoms with E-state index >= 15 is 0 Å². The highest BCUT2D eigenvalue weighted by atomic mass is 32.1. The Balaban J connectivity index is 1.64. The molecule has 2 heterocycles. The molecule has 0 aliphatic heterocycles. The first kappa shape index (κ1) is 20.4. The molecule has 30 heavy (non-hydrogen) atoms. The van der Waals surface area contributed by atoms with Crippen molar-refractivity contribution in [2.24, 2.45) is 0 Å². The van der Waals surface area contributed by atoms with Crippen LogP contribution in [0, 0.1) is 0 Å². The van der Waals surface area contributed by atoms with Gasteiger partial charge < -0.3 is 14.2 Å². The molecular formula is C22H24N2O5S. The van der Waals surface area contributed by atoms with Crippen LogP contribution < -0.4 is 15.0 Å². The van der Waals surface area contributed by atoms with Gasteiger partial charge in [-0.3, -0.25) is 14.2 Å². The molecule has 1 aliphatic carbocycles. The lowest BCUT2D eigenvalue weighted by Crippen LogP contribution is -2.28. The maximum absolute atomic E-state index is 13.2. The molecule has 3 aromatic rings. The van der Waals surface area contributed by atoms with E-state index in [4.69, 9.17) is 14.2 Å². The van der Waals surface area contributed by atoms with Gasteiger partial charge in [0.15, 0.2) is 11.5 Å². The Morgan fingerprint density at radius 2 is 1.93 bits per heavy atom. The normalized spacial score (nSPS) is 14.6. The number of fused-ring (bicyclic) bond motifs is 1. The zero-order chi connectivity index (χ0) is 21.1. The van der Waals surface area contributed by atoms with Crippen molar-refractivity contribution >= 4 is 27.5 Å². The van der Waals surface area contributed by atoms with Crippen molar-refractivity contribution in [3.05, 3.63) is 40.3 Å². The van der Waals surface area contributed by atoms with Gasteiger partial charge in [-0.05, 0) is 43.4 Å². The van der Waals surface area contributed by atoms with Crippen molar-refractivity contribution in [2.45, 2.75) is 44.8 Å². The second-order valence-electron chi connectivity index (χ2n) is 7.33. The van der Waals surface area contributed by atoms with Gasteiger partial charge in [-0.2, -0.15) is 0 Å². The first-order valence-corrected chi connectivity index (χ1v) is 10.9. The second-order valence-corrected chi connectivity index (χ2v) is 8.18. The molecule has 0 unspecified atom stereocenters. The number of carbonyl (C=O) groups excluding carboxylic acids is 1. The predicted octanol–water partition coefficient (Wildman–Crippen LogP) is 4.02. The summed E-state index contributed by atoms with van der Waals surface area (Å²) < 4.78 is 17.6. The first-order valence-electron chi connectivity index (χ1n) is 9.99. The highest BCUT2D eigenvalue weighted by Gasteiger charge is 2.20. The largest absolute Gasteiger partial charge is 0.493 e. The number of methoxy groups -OCH3 is 2. The quantitative estimate of drug-likeness (QED) is 0.552. The van der Waals surface area contributed by atoms with Gasteiger partial charge in [0.25, 0.3) is 5.56 Å². The highest BCUT2D eigenvalue weighted by Crippen LogP contribution is 2.36. The SMILES string of the molecule is COc1ccc(-c2csc3ncn(CC(=O)OC4CCCCC4)c(=O)c23)cc1OC. The van der Waals surface area contributed by atoms with E-state index in [1.807, 2.05) is 17.5 Å². The van der Waals surface area contributed by atoms with E-state index in [0.717, 1.165) is 36.8 Å². The fourth-order valence-corrected chi connectivity index (χ4v) is 4.75. The molecule has 7 nitrogen and oxygen atoms in total. The van der Waals surface area contributed by atoms with Crippen LogP contribution in [0.5, 0.6) is 11.5 Å². The van der Waals surface area contributed by atoms with E-state index in [0.29, 0.717) is 21.7 Å². The fourth-order valence-electron chi connectivity index (χ4n) is 3.84. The fraction of sp³-hybridized carbons (Fsp3) is 0.409. The molecule has 0 atom stereocenters. The molecule has 1 fully saturated rings. The summed E-state index contributed by atoms with van der Waals surface area (Å²) in [6.07, 6.45) is 6.51. The molecule has 0 amide bonds. The van der Waals surface area contributed by atoms with Crippen molar-refractivity contribution in [3.63, 3.8) is 0 Å². The number of rotatable bonds is 6. The van der Waals surface area contributed by atoms with Crippen LogP contribution >= 0.6 is 11.3 Å². The van der Waals surface area contributed by atoms with Crippen LogP contribution in [-0.4, -0.2) is 35.8 Å². The summed E-state index contributed by atoms with van der Waals surface area (Å²) in [5, 5.41) is 2.38. The molecule has 4 rings (SSSR count). The summed E-state index contributed by atoms with van der Waals surface area (Å²) in [6, 6.07) is 5.50. The maximum atomic E-state index is 13.2. The lowest BCUT2D eigenvalue weighted by Gasteiger charge is -2.21. The van der Waals surface area contributed by atoms with Crippen LogP contribution in [-0.2, 0) is 16.1 Å². The van der Waals surface area contributed by atoms with E-state index in [1.54, 1.807) is 20.3 Å². The number of thiophene rings is 1. The Morgan fingerprint density at radius 3 is 2.67 bits per heavy atom. The number of hydrogen-bond donors (Lipinski definition) is 0. The van der Waals surface area contributed by atoms with E-state index in [9.17, 15) is 9.59 Å². The standard InChI is InChI=1S/C22H24N2O5S/c1-27-17-9-8-14(10-18(17)28-2)16-12-30-21-20(16)22(26)24(13-23-21)11-19(25)29-15-6-4-3-5-7-15/h8-10,12-13,15H,3-7,11H2,1-2H3. The van der Waals surface area contributed by atoms with Crippen LogP contribution in [0.3, 0.4) is 0 Å². The Bertz CT molecular complexity index is 1110. The number of nitrogens with zero attached hydrogens (tertiary/aromatic N) is 2. The molecule has 8 heteroatoms. The average molecular weight is 429 g/mol. The molecule has 0 N–H and O–H groups in total. The predicted molar refractivity (Wildman–Crippen MR) is 115 cm³/mol. The second kappa shape index (κ2) is 8.87. The molecule has 0 bridgehead atoms. The number of ether oxygens (including phenoxy) is 3. The van der Waals surface area contributed by atoms with Crippen LogP contribution in [0.25, 0.3) is 21.3 Å². The van der Waals surface area contributed by atoms with Crippen molar-refractivity contribution < 1.29 is 19.0 Å². The van der Waals surface area contributed by atoms with Crippen molar-refractivity contribution in [2.75, 3.05) is 14.2 Å². The third-order valence-electron chi connectivity index (χ3n) is 5.41. The number of aromatic nitrogens is 2. The van der Waals surface area contributed by atoms with E-state index in [-0.39, 0.29) is 18.2 Å². The monoisotopic (exact) mass is 428 g/mol. The van der Waals surface area contributed by atoms with Gasteiger partial charge in [0.05, 0.1) is 25.9 Å². The molecule has 158 valence electrons. The van der Waals surface area contributed by atoms with Gasteiger partial charge in [0.1, 0.15) is 17.5 Å². The molecule has 1 saturated carbocycles. The van der Waals surface area contributed by atoms with Crippen molar-refractivity contribution in [3.8, 4) is 22.6 Å². The molecule has 0 saturated heterocycles. The summed E-state index contributed by atoms with van der Waals surface area (Å²) in [6.45, 7) is -0.139. The third-order valence-corrected chi connectivity index (χ3v) is 6.29. The molecule has 0 spiro atoms. The Hall–Kier alpha value is -2.87. The lowest BCUT2D eigenvalue weighted by atomic mass is 9.98. The molecule has 2 aromatic heterocycles. The first-order chi connectivity index (χ1) is 14.6. The minimum atomic E-state index is -0.395.